The van der Waals surface area contributed by atoms with Gasteiger partial charge in [0.15, 0.2) is 0 Å². The van der Waals surface area contributed by atoms with E-state index in [9.17, 15) is 4.79 Å². The number of nitrogens with one attached hydrogen (secondary N) is 2. The van der Waals surface area contributed by atoms with Crippen LogP contribution in [0.1, 0.15) is 29.8 Å². The normalized spacial score (nSPS) is 10.2. The van der Waals surface area contributed by atoms with Gasteiger partial charge in [-0.15, -0.1) is 0 Å². The Labute approximate surface area is 163 Å². The van der Waals surface area contributed by atoms with Gasteiger partial charge in [-0.3, -0.25) is 4.79 Å². The molecule has 140 valence electrons. The maximum Gasteiger partial charge on any atom is 0.257 e. The molecule has 6 heteroatoms. The second-order valence-corrected chi connectivity index (χ2v) is 6.33. The van der Waals surface area contributed by atoms with Crippen LogP contribution in [-0.4, -0.2) is 17.0 Å². The summed E-state index contributed by atoms with van der Waals surface area (Å²) in [5, 5.41) is 15.1. The zero-order chi connectivity index (χ0) is 19.9. The van der Waals surface area contributed by atoms with Crippen molar-refractivity contribution in [1.82, 2.24) is 4.98 Å². The quantitative estimate of drug-likeness (QED) is 0.653. The fraction of sp³-hybridized carbons (Fsp3) is 0.136. The number of nitriles is 1. The number of pyridine rings is 1. The molecule has 0 saturated carbocycles. The number of ether oxygens (including phenoxy) is 1. The van der Waals surface area contributed by atoms with E-state index in [1.807, 2.05) is 38.1 Å². The van der Waals surface area contributed by atoms with Crippen molar-refractivity contribution in [2.75, 3.05) is 10.6 Å². The van der Waals surface area contributed by atoms with Crippen LogP contribution in [0.4, 0.5) is 17.2 Å². The predicted molar refractivity (Wildman–Crippen MR) is 109 cm³/mol. The summed E-state index contributed by atoms with van der Waals surface area (Å²) in [4.78, 5) is 16.7. The van der Waals surface area contributed by atoms with Crippen LogP contribution in [0.25, 0.3) is 0 Å². The Morgan fingerprint density at radius 3 is 2.43 bits per heavy atom. The minimum Gasteiger partial charge on any atom is -0.489 e. The number of nitrogens with zero attached hydrogens (tertiary/aromatic N) is 2. The second kappa shape index (κ2) is 8.69. The maximum atomic E-state index is 12.4. The summed E-state index contributed by atoms with van der Waals surface area (Å²) in [5.74, 6) is 0.994. The average molecular weight is 372 g/mol. The van der Waals surface area contributed by atoms with Gasteiger partial charge in [0.1, 0.15) is 17.6 Å². The second-order valence-electron chi connectivity index (χ2n) is 6.33. The largest absolute Gasteiger partial charge is 0.489 e. The van der Waals surface area contributed by atoms with Gasteiger partial charge in [-0.05, 0) is 50.2 Å². The van der Waals surface area contributed by atoms with Gasteiger partial charge in [0.05, 0.1) is 28.6 Å². The Morgan fingerprint density at radius 2 is 1.75 bits per heavy atom. The van der Waals surface area contributed by atoms with Crippen molar-refractivity contribution in [3.8, 4) is 11.8 Å². The van der Waals surface area contributed by atoms with Gasteiger partial charge < -0.3 is 15.4 Å². The highest BCUT2D eigenvalue weighted by molar-refractivity contribution is 6.04. The molecule has 0 saturated heterocycles. The van der Waals surface area contributed by atoms with Crippen molar-refractivity contribution >= 4 is 23.1 Å². The van der Waals surface area contributed by atoms with Crippen LogP contribution in [0.5, 0.6) is 5.75 Å². The fourth-order valence-electron chi connectivity index (χ4n) is 2.55. The maximum absolute atomic E-state index is 12.4. The molecule has 2 aromatic carbocycles. The van der Waals surface area contributed by atoms with Crippen molar-refractivity contribution in [1.29, 1.82) is 5.26 Å². The molecule has 28 heavy (non-hydrogen) atoms. The van der Waals surface area contributed by atoms with E-state index in [4.69, 9.17) is 10.00 Å². The van der Waals surface area contributed by atoms with Crippen LogP contribution in [0, 0.1) is 11.3 Å². The van der Waals surface area contributed by atoms with Gasteiger partial charge in [0, 0.05) is 6.20 Å². The van der Waals surface area contributed by atoms with Gasteiger partial charge in [-0.25, -0.2) is 4.98 Å². The zero-order valence-electron chi connectivity index (χ0n) is 15.6. The van der Waals surface area contributed by atoms with Crippen molar-refractivity contribution < 1.29 is 9.53 Å². The third kappa shape index (κ3) is 4.65. The summed E-state index contributed by atoms with van der Waals surface area (Å²) >= 11 is 0. The molecule has 3 rings (SSSR count). The predicted octanol–water partition coefficient (Wildman–Crippen LogP) is 4.74. The van der Waals surface area contributed by atoms with Gasteiger partial charge in [0.25, 0.3) is 5.91 Å². The van der Waals surface area contributed by atoms with Crippen molar-refractivity contribution in [3.63, 3.8) is 0 Å². The molecule has 3 aromatic rings. The fourth-order valence-corrected chi connectivity index (χ4v) is 2.55. The lowest BCUT2D eigenvalue weighted by molar-refractivity contribution is 0.102. The molecule has 0 fully saturated rings. The summed E-state index contributed by atoms with van der Waals surface area (Å²) in [7, 11) is 0. The standard InChI is InChI=1S/C22H20N4O2/c1-15(2)28-20-10-6-5-9-19(20)25-21-12-11-17(14-24-21)22(27)26-18-8-4-3-7-16(18)13-23/h3-12,14-15H,1-2H3,(H,24,25)(H,26,27). The van der Waals surface area contributed by atoms with Gasteiger partial charge in [-0.2, -0.15) is 5.26 Å². The van der Waals surface area contributed by atoms with Crippen molar-refractivity contribution in [2.45, 2.75) is 20.0 Å². The molecule has 0 aliphatic carbocycles. The van der Waals surface area contributed by atoms with Crippen LogP contribution < -0.4 is 15.4 Å². The van der Waals surface area contributed by atoms with E-state index in [0.29, 0.717) is 22.6 Å². The molecule has 2 N–H and O–H groups in total. The molecule has 0 spiro atoms. The molecular weight excluding hydrogens is 352 g/mol. The van der Waals surface area contributed by atoms with Crippen molar-refractivity contribution in [3.05, 3.63) is 78.0 Å². The molecule has 1 amide bonds. The molecule has 0 unspecified atom stereocenters. The lowest BCUT2D eigenvalue weighted by Gasteiger charge is -2.15. The third-order valence-electron chi connectivity index (χ3n) is 3.83. The smallest absolute Gasteiger partial charge is 0.257 e. The number of aromatic nitrogens is 1. The number of anilines is 3. The van der Waals surface area contributed by atoms with E-state index in [0.717, 1.165) is 11.4 Å². The average Bonchev–Trinajstić information content (AvgIpc) is 2.70. The first kappa shape index (κ1) is 18.9. The lowest BCUT2D eigenvalue weighted by atomic mass is 10.2. The number of rotatable bonds is 6. The Hall–Kier alpha value is -3.85. The highest BCUT2D eigenvalue weighted by Gasteiger charge is 2.10. The number of hydrogen-bond donors (Lipinski definition) is 2. The summed E-state index contributed by atoms with van der Waals surface area (Å²) in [6.07, 6.45) is 1.54. The van der Waals surface area contributed by atoms with E-state index in [1.165, 1.54) is 6.20 Å². The molecule has 0 aliphatic heterocycles. The molecule has 6 nitrogen and oxygen atoms in total. The first-order valence-electron chi connectivity index (χ1n) is 8.86. The number of carbonyl (C=O) groups is 1. The number of hydrogen-bond acceptors (Lipinski definition) is 5. The van der Waals surface area contributed by atoms with Crippen LogP contribution in [-0.2, 0) is 0 Å². The first-order chi connectivity index (χ1) is 13.6. The molecular formula is C22H20N4O2. The molecule has 0 aliphatic rings. The Morgan fingerprint density at radius 1 is 1.04 bits per heavy atom. The minimum atomic E-state index is -0.328. The van der Waals surface area contributed by atoms with Crippen LogP contribution in [0.3, 0.4) is 0 Å². The third-order valence-corrected chi connectivity index (χ3v) is 3.83. The summed E-state index contributed by atoms with van der Waals surface area (Å²) in [6.45, 7) is 3.93. The van der Waals surface area contributed by atoms with E-state index in [-0.39, 0.29) is 12.0 Å². The van der Waals surface area contributed by atoms with Gasteiger partial charge >= 0.3 is 0 Å². The summed E-state index contributed by atoms with van der Waals surface area (Å²) in [5.41, 5.74) is 2.06. The molecule has 0 radical (unpaired) electrons. The highest BCUT2D eigenvalue weighted by Crippen LogP contribution is 2.27. The monoisotopic (exact) mass is 372 g/mol. The topological polar surface area (TPSA) is 87.0 Å². The number of benzene rings is 2. The molecule has 0 bridgehead atoms. The van der Waals surface area contributed by atoms with E-state index < -0.39 is 0 Å². The first-order valence-corrected chi connectivity index (χ1v) is 8.86. The van der Waals surface area contributed by atoms with Crippen LogP contribution in [0.2, 0.25) is 0 Å². The lowest BCUT2D eigenvalue weighted by Crippen LogP contribution is -2.13. The van der Waals surface area contributed by atoms with Crippen molar-refractivity contribution in [2.24, 2.45) is 0 Å². The van der Waals surface area contributed by atoms with E-state index in [2.05, 4.69) is 21.7 Å². The highest BCUT2D eigenvalue weighted by atomic mass is 16.5. The van der Waals surface area contributed by atoms with Crippen LogP contribution in [0.15, 0.2) is 66.9 Å². The molecule has 1 heterocycles. The summed E-state index contributed by atoms with van der Waals surface area (Å²) in [6, 6.07) is 19.9. The molecule has 0 atom stereocenters. The minimum absolute atomic E-state index is 0.0540. The zero-order valence-corrected chi connectivity index (χ0v) is 15.6. The summed E-state index contributed by atoms with van der Waals surface area (Å²) < 4.78 is 5.79. The Bertz CT molecular complexity index is 1010. The number of carbonyl (C=O) groups excluding carboxylic acids is 1. The number of amides is 1. The van der Waals surface area contributed by atoms with Gasteiger partial charge in [0.2, 0.25) is 0 Å². The van der Waals surface area contributed by atoms with Crippen LogP contribution >= 0.6 is 0 Å². The Kier molecular flexibility index (Phi) is 5.87. The molecule has 1 aromatic heterocycles. The van der Waals surface area contributed by atoms with Gasteiger partial charge in [-0.1, -0.05) is 24.3 Å². The van der Waals surface area contributed by atoms with E-state index in [1.54, 1.807) is 36.4 Å². The number of para-hydroxylation sites is 3. The van der Waals surface area contributed by atoms with E-state index >= 15 is 0 Å². The Balaban J connectivity index is 1.72. The SMILES string of the molecule is CC(C)Oc1ccccc1Nc1ccc(C(=O)Nc2ccccc2C#N)cn1.